The molecule has 1 amide bonds. The Hall–Kier alpha value is -1.39. The Labute approximate surface area is 101 Å². The van der Waals surface area contributed by atoms with E-state index in [0.29, 0.717) is 18.7 Å². The number of nitrogens with two attached hydrogens (primary N) is 1. The van der Waals surface area contributed by atoms with Gasteiger partial charge in [-0.15, -0.1) is 0 Å². The fourth-order valence-electron chi connectivity index (χ4n) is 1.95. The Balaban J connectivity index is 1.89. The zero-order valence-corrected chi connectivity index (χ0v) is 9.82. The molecule has 0 radical (unpaired) electrons. The van der Waals surface area contributed by atoms with Crippen LogP contribution in [0.25, 0.3) is 0 Å². The van der Waals surface area contributed by atoms with Crippen molar-refractivity contribution in [1.29, 1.82) is 0 Å². The summed E-state index contributed by atoms with van der Waals surface area (Å²) in [5, 5.41) is 2.89. The topological polar surface area (TPSA) is 64.4 Å². The Kier molecular flexibility index (Phi) is 4.12. The highest BCUT2D eigenvalue weighted by molar-refractivity contribution is 5.94. The summed E-state index contributed by atoms with van der Waals surface area (Å²) in [7, 11) is 0. The largest absolute Gasteiger partial charge is 0.376 e. The van der Waals surface area contributed by atoms with Crippen molar-refractivity contribution in [3.05, 3.63) is 35.4 Å². The number of nitrogens with one attached hydrogen (secondary N) is 1. The molecule has 0 unspecified atom stereocenters. The van der Waals surface area contributed by atoms with Gasteiger partial charge in [0.15, 0.2) is 0 Å². The van der Waals surface area contributed by atoms with Crippen LogP contribution in [-0.2, 0) is 11.3 Å². The molecule has 92 valence electrons. The fourth-order valence-corrected chi connectivity index (χ4v) is 1.95. The van der Waals surface area contributed by atoms with Crippen molar-refractivity contribution in [3.63, 3.8) is 0 Å². The summed E-state index contributed by atoms with van der Waals surface area (Å²) in [4.78, 5) is 11.9. The summed E-state index contributed by atoms with van der Waals surface area (Å²) in [5.74, 6) is -0.0594. The van der Waals surface area contributed by atoms with Crippen LogP contribution in [-0.4, -0.2) is 25.2 Å². The van der Waals surface area contributed by atoms with Gasteiger partial charge in [0.2, 0.25) is 0 Å². The van der Waals surface area contributed by atoms with Crippen LogP contribution in [0.2, 0.25) is 0 Å². The summed E-state index contributed by atoms with van der Waals surface area (Å²) in [6, 6.07) is 7.38. The molecule has 0 bridgehead atoms. The van der Waals surface area contributed by atoms with Crippen molar-refractivity contribution in [2.75, 3.05) is 13.2 Å². The standard InChI is InChI=1S/C13H18N2O2/c14-8-10-3-1-4-11(7-10)13(16)15-9-12-5-2-6-17-12/h1,3-4,7,12H,2,5-6,8-9,14H2,(H,15,16)/t12-/m0/s1. The molecule has 1 atom stereocenters. The number of carbonyl (C=O) groups excluding carboxylic acids is 1. The van der Waals surface area contributed by atoms with E-state index in [4.69, 9.17) is 10.5 Å². The SMILES string of the molecule is NCc1cccc(C(=O)NC[C@@H]2CCCO2)c1. The van der Waals surface area contributed by atoms with E-state index in [0.717, 1.165) is 25.0 Å². The molecule has 17 heavy (non-hydrogen) atoms. The maximum atomic E-state index is 11.9. The highest BCUT2D eigenvalue weighted by Gasteiger charge is 2.16. The van der Waals surface area contributed by atoms with Crippen LogP contribution in [0, 0.1) is 0 Å². The van der Waals surface area contributed by atoms with Crippen LogP contribution in [0.5, 0.6) is 0 Å². The predicted octanol–water partition coefficient (Wildman–Crippen LogP) is 1.05. The van der Waals surface area contributed by atoms with Crippen molar-refractivity contribution in [1.82, 2.24) is 5.32 Å². The van der Waals surface area contributed by atoms with E-state index in [1.807, 2.05) is 18.2 Å². The number of carbonyl (C=O) groups is 1. The van der Waals surface area contributed by atoms with Crippen molar-refractivity contribution >= 4 is 5.91 Å². The Morgan fingerprint density at radius 3 is 3.12 bits per heavy atom. The fraction of sp³-hybridized carbons (Fsp3) is 0.462. The van der Waals surface area contributed by atoms with Gasteiger partial charge in [0.05, 0.1) is 6.10 Å². The molecule has 0 saturated carbocycles. The first-order valence-corrected chi connectivity index (χ1v) is 5.98. The molecule has 2 rings (SSSR count). The molecule has 0 aromatic heterocycles. The second-order valence-corrected chi connectivity index (χ2v) is 4.25. The third-order valence-corrected chi connectivity index (χ3v) is 2.94. The summed E-state index contributed by atoms with van der Waals surface area (Å²) < 4.78 is 5.45. The minimum atomic E-state index is -0.0594. The number of hydrogen-bond donors (Lipinski definition) is 2. The van der Waals surface area contributed by atoms with Crippen LogP contribution < -0.4 is 11.1 Å². The van der Waals surface area contributed by atoms with Gasteiger partial charge in [-0.25, -0.2) is 0 Å². The second kappa shape index (κ2) is 5.80. The molecule has 0 spiro atoms. The monoisotopic (exact) mass is 234 g/mol. The number of rotatable bonds is 4. The van der Waals surface area contributed by atoms with Crippen LogP contribution in [0.3, 0.4) is 0 Å². The average molecular weight is 234 g/mol. The molecule has 1 aromatic carbocycles. The number of ether oxygens (including phenoxy) is 1. The molecule has 3 N–H and O–H groups in total. The van der Waals surface area contributed by atoms with E-state index in [-0.39, 0.29) is 12.0 Å². The Bertz CT molecular complexity index is 387. The number of benzene rings is 1. The lowest BCUT2D eigenvalue weighted by molar-refractivity contribution is 0.0857. The molecule has 1 fully saturated rings. The van der Waals surface area contributed by atoms with E-state index >= 15 is 0 Å². The summed E-state index contributed by atoms with van der Waals surface area (Å²) >= 11 is 0. The molecular formula is C13H18N2O2. The Morgan fingerprint density at radius 2 is 2.41 bits per heavy atom. The molecule has 1 saturated heterocycles. The maximum absolute atomic E-state index is 11.9. The van der Waals surface area contributed by atoms with E-state index in [1.54, 1.807) is 6.07 Å². The van der Waals surface area contributed by atoms with E-state index in [1.165, 1.54) is 0 Å². The first kappa shape index (κ1) is 12.1. The highest BCUT2D eigenvalue weighted by atomic mass is 16.5. The lowest BCUT2D eigenvalue weighted by Crippen LogP contribution is -2.31. The quantitative estimate of drug-likeness (QED) is 0.818. The van der Waals surface area contributed by atoms with Gasteiger partial charge in [0, 0.05) is 25.3 Å². The molecule has 1 aliphatic rings. The molecule has 4 heteroatoms. The van der Waals surface area contributed by atoms with Crippen molar-refractivity contribution in [3.8, 4) is 0 Å². The van der Waals surface area contributed by atoms with Crippen LogP contribution >= 0.6 is 0 Å². The van der Waals surface area contributed by atoms with Gasteiger partial charge >= 0.3 is 0 Å². The molecule has 1 heterocycles. The molecule has 1 aromatic rings. The minimum absolute atomic E-state index is 0.0594. The zero-order valence-electron chi connectivity index (χ0n) is 9.82. The first-order valence-electron chi connectivity index (χ1n) is 5.98. The van der Waals surface area contributed by atoms with Crippen LogP contribution in [0.4, 0.5) is 0 Å². The lowest BCUT2D eigenvalue weighted by atomic mass is 10.1. The number of hydrogen-bond acceptors (Lipinski definition) is 3. The molecule has 1 aliphatic heterocycles. The zero-order chi connectivity index (χ0) is 12.1. The second-order valence-electron chi connectivity index (χ2n) is 4.25. The minimum Gasteiger partial charge on any atom is -0.376 e. The molecular weight excluding hydrogens is 216 g/mol. The van der Waals surface area contributed by atoms with Crippen LogP contribution in [0.1, 0.15) is 28.8 Å². The summed E-state index contributed by atoms with van der Waals surface area (Å²) in [6.07, 6.45) is 2.29. The van der Waals surface area contributed by atoms with Crippen molar-refractivity contribution in [2.45, 2.75) is 25.5 Å². The third-order valence-electron chi connectivity index (χ3n) is 2.94. The van der Waals surface area contributed by atoms with Gasteiger partial charge < -0.3 is 15.8 Å². The maximum Gasteiger partial charge on any atom is 0.251 e. The first-order chi connectivity index (χ1) is 8.29. The van der Waals surface area contributed by atoms with Crippen molar-refractivity contribution < 1.29 is 9.53 Å². The summed E-state index contributed by atoms with van der Waals surface area (Å²) in [5.41, 5.74) is 7.17. The van der Waals surface area contributed by atoms with Gasteiger partial charge in [0.25, 0.3) is 5.91 Å². The van der Waals surface area contributed by atoms with Gasteiger partial charge in [-0.05, 0) is 30.5 Å². The smallest absolute Gasteiger partial charge is 0.251 e. The van der Waals surface area contributed by atoms with Gasteiger partial charge in [-0.3, -0.25) is 4.79 Å². The predicted molar refractivity (Wildman–Crippen MR) is 65.6 cm³/mol. The van der Waals surface area contributed by atoms with Gasteiger partial charge in [-0.1, -0.05) is 12.1 Å². The van der Waals surface area contributed by atoms with E-state index < -0.39 is 0 Å². The highest BCUT2D eigenvalue weighted by Crippen LogP contribution is 2.11. The van der Waals surface area contributed by atoms with Crippen molar-refractivity contribution in [2.24, 2.45) is 5.73 Å². The molecule has 0 aliphatic carbocycles. The molecule has 4 nitrogen and oxygen atoms in total. The summed E-state index contributed by atoms with van der Waals surface area (Å²) in [6.45, 7) is 1.85. The van der Waals surface area contributed by atoms with Gasteiger partial charge in [-0.2, -0.15) is 0 Å². The average Bonchev–Trinajstić information content (AvgIpc) is 2.89. The van der Waals surface area contributed by atoms with E-state index in [2.05, 4.69) is 5.32 Å². The Morgan fingerprint density at radius 1 is 1.53 bits per heavy atom. The third kappa shape index (κ3) is 3.28. The van der Waals surface area contributed by atoms with Crippen LogP contribution in [0.15, 0.2) is 24.3 Å². The normalized spacial score (nSPS) is 19.2. The lowest BCUT2D eigenvalue weighted by Gasteiger charge is -2.11. The number of amides is 1. The van der Waals surface area contributed by atoms with E-state index in [9.17, 15) is 4.79 Å². The van der Waals surface area contributed by atoms with Gasteiger partial charge in [0.1, 0.15) is 0 Å².